The highest BCUT2D eigenvalue weighted by atomic mass is 32.1. The minimum absolute atomic E-state index is 0.121. The smallest absolute Gasteiger partial charge is 0.252 e. The second-order valence-corrected chi connectivity index (χ2v) is 7.22. The van der Waals surface area contributed by atoms with Crippen LogP contribution in [0.1, 0.15) is 15.2 Å². The minimum atomic E-state index is -0.121. The number of hydrogen-bond acceptors (Lipinski definition) is 5. The molecule has 1 amide bonds. The number of benzene rings is 2. The first-order valence-corrected chi connectivity index (χ1v) is 9.72. The Morgan fingerprint density at radius 2 is 1.89 bits per heavy atom. The number of methoxy groups -OCH3 is 1. The number of fused-ring (bicyclic) bond motifs is 1. The summed E-state index contributed by atoms with van der Waals surface area (Å²) in [5.74, 6) is 1.28. The molecule has 4 aromatic rings. The molecule has 0 spiro atoms. The van der Waals surface area contributed by atoms with Crippen LogP contribution in [0.25, 0.3) is 10.9 Å². The van der Waals surface area contributed by atoms with Gasteiger partial charge in [0.2, 0.25) is 0 Å². The Bertz CT molecular complexity index is 1090. The summed E-state index contributed by atoms with van der Waals surface area (Å²) < 4.78 is 5.19. The Morgan fingerprint density at radius 3 is 2.64 bits per heavy atom. The highest BCUT2D eigenvalue weighted by molar-refractivity contribution is 7.09. The van der Waals surface area contributed by atoms with Gasteiger partial charge in [-0.15, -0.1) is 11.3 Å². The van der Waals surface area contributed by atoms with Crippen LogP contribution >= 0.6 is 11.3 Å². The number of anilines is 2. The fourth-order valence-electron chi connectivity index (χ4n) is 2.93. The molecule has 5 nitrogen and oxygen atoms in total. The molecule has 140 valence electrons. The van der Waals surface area contributed by atoms with Crippen LogP contribution in [0.5, 0.6) is 5.75 Å². The number of carbonyl (C=O) groups excluding carboxylic acids is 1. The molecular formula is C22H19N3O2S. The van der Waals surface area contributed by atoms with Crippen LogP contribution in [0.3, 0.4) is 0 Å². The molecule has 6 heteroatoms. The minimum Gasteiger partial charge on any atom is -0.497 e. The van der Waals surface area contributed by atoms with Gasteiger partial charge in [0.15, 0.2) is 0 Å². The predicted molar refractivity (Wildman–Crippen MR) is 114 cm³/mol. The molecule has 28 heavy (non-hydrogen) atoms. The van der Waals surface area contributed by atoms with Gasteiger partial charge in [-0.1, -0.05) is 24.3 Å². The summed E-state index contributed by atoms with van der Waals surface area (Å²) in [6.07, 6.45) is 0. The SMILES string of the molecule is COc1ccc(Nc2cc(C(=O)NCc3cccs3)c3ccccc3n2)cc1. The van der Waals surface area contributed by atoms with Gasteiger partial charge in [0.05, 0.1) is 24.7 Å². The first-order valence-electron chi connectivity index (χ1n) is 8.84. The lowest BCUT2D eigenvalue weighted by Gasteiger charge is -2.12. The maximum Gasteiger partial charge on any atom is 0.252 e. The second-order valence-electron chi connectivity index (χ2n) is 6.19. The standard InChI is InChI=1S/C22H19N3O2S/c1-27-16-10-8-15(9-11-16)24-21-13-19(18-6-2-3-7-20(18)25-21)22(26)23-14-17-5-4-12-28-17/h2-13H,14H2,1H3,(H,23,26)(H,24,25). The van der Waals surface area contributed by atoms with E-state index in [0.29, 0.717) is 17.9 Å². The fourth-order valence-corrected chi connectivity index (χ4v) is 3.57. The number of carbonyl (C=O) groups is 1. The molecule has 2 aromatic carbocycles. The van der Waals surface area contributed by atoms with E-state index in [0.717, 1.165) is 27.2 Å². The van der Waals surface area contributed by atoms with Crippen molar-refractivity contribution >= 4 is 39.7 Å². The van der Waals surface area contributed by atoms with Crippen LogP contribution in [0, 0.1) is 0 Å². The summed E-state index contributed by atoms with van der Waals surface area (Å²) in [4.78, 5) is 18.6. The van der Waals surface area contributed by atoms with E-state index in [9.17, 15) is 4.79 Å². The number of para-hydroxylation sites is 1. The van der Waals surface area contributed by atoms with Crippen molar-refractivity contribution in [1.82, 2.24) is 10.3 Å². The highest BCUT2D eigenvalue weighted by Gasteiger charge is 2.13. The number of aromatic nitrogens is 1. The number of nitrogens with one attached hydrogen (secondary N) is 2. The maximum absolute atomic E-state index is 12.9. The monoisotopic (exact) mass is 389 g/mol. The summed E-state index contributed by atoms with van der Waals surface area (Å²) in [7, 11) is 1.63. The third-order valence-corrected chi connectivity index (χ3v) is 5.20. The summed E-state index contributed by atoms with van der Waals surface area (Å²) in [6.45, 7) is 0.508. The van der Waals surface area contributed by atoms with Gasteiger partial charge in [0.25, 0.3) is 5.91 Å². The quantitative estimate of drug-likeness (QED) is 0.488. The lowest BCUT2D eigenvalue weighted by molar-refractivity contribution is 0.0953. The van der Waals surface area contributed by atoms with Crippen LogP contribution in [0.15, 0.2) is 72.1 Å². The van der Waals surface area contributed by atoms with Crippen molar-refractivity contribution in [3.63, 3.8) is 0 Å². The van der Waals surface area contributed by atoms with Crippen molar-refractivity contribution in [2.75, 3.05) is 12.4 Å². The van der Waals surface area contributed by atoms with E-state index in [-0.39, 0.29) is 5.91 Å². The van der Waals surface area contributed by atoms with Crippen molar-refractivity contribution in [2.45, 2.75) is 6.54 Å². The number of hydrogen-bond donors (Lipinski definition) is 2. The number of ether oxygens (including phenoxy) is 1. The van der Waals surface area contributed by atoms with E-state index in [2.05, 4.69) is 15.6 Å². The molecule has 0 saturated heterocycles. The van der Waals surface area contributed by atoms with Crippen LogP contribution in [-0.4, -0.2) is 18.0 Å². The first-order chi connectivity index (χ1) is 13.7. The maximum atomic E-state index is 12.9. The third-order valence-electron chi connectivity index (χ3n) is 4.33. The zero-order chi connectivity index (χ0) is 19.3. The molecule has 0 aliphatic rings. The largest absolute Gasteiger partial charge is 0.497 e. The van der Waals surface area contributed by atoms with Gasteiger partial charge in [0, 0.05) is 16.0 Å². The Labute approximate surface area is 167 Å². The van der Waals surface area contributed by atoms with E-state index in [1.54, 1.807) is 24.5 Å². The average molecular weight is 389 g/mol. The van der Waals surface area contributed by atoms with E-state index in [4.69, 9.17) is 4.74 Å². The zero-order valence-electron chi connectivity index (χ0n) is 15.3. The number of thiophene rings is 1. The van der Waals surface area contributed by atoms with Gasteiger partial charge in [-0.2, -0.15) is 0 Å². The Balaban J connectivity index is 1.63. The van der Waals surface area contributed by atoms with Crippen LogP contribution in [0.4, 0.5) is 11.5 Å². The second kappa shape index (κ2) is 8.10. The van der Waals surface area contributed by atoms with Crippen LogP contribution < -0.4 is 15.4 Å². The van der Waals surface area contributed by atoms with Crippen molar-refractivity contribution in [2.24, 2.45) is 0 Å². The van der Waals surface area contributed by atoms with Crippen molar-refractivity contribution < 1.29 is 9.53 Å². The third kappa shape index (κ3) is 3.97. The molecule has 0 aliphatic heterocycles. The molecule has 0 atom stereocenters. The number of pyridine rings is 1. The highest BCUT2D eigenvalue weighted by Crippen LogP contribution is 2.24. The van der Waals surface area contributed by atoms with Gasteiger partial charge in [-0.25, -0.2) is 4.98 Å². The molecule has 0 radical (unpaired) electrons. The van der Waals surface area contributed by atoms with Crippen molar-refractivity contribution in [3.05, 3.63) is 82.6 Å². The number of amides is 1. The molecule has 2 N–H and O–H groups in total. The first kappa shape index (κ1) is 18.0. The topological polar surface area (TPSA) is 63.2 Å². The lowest BCUT2D eigenvalue weighted by atomic mass is 10.1. The van der Waals surface area contributed by atoms with Gasteiger partial charge < -0.3 is 15.4 Å². The Morgan fingerprint density at radius 1 is 1.07 bits per heavy atom. The van der Waals surface area contributed by atoms with E-state index in [1.165, 1.54) is 0 Å². The van der Waals surface area contributed by atoms with E-state index in [1.807, 2.05) is 66.0 Å². The number of nitrogens with zero attached hydrogens (tertiary/aromatic N) is 1. The lowest BCUT2D eigenvalue weighted by Crippen LogP contribution is -2.22. The van der Waals surface area contributed by atoms with Crippen molar-refractivity contribution in [1.29, 1.82) is 0 Å². The summed E-state index contributed by atoms with van der Waals surface area (Å²) in [5, 5.41) is 9.09. The molecule has 0 unspecified atom stereocenters. The zero-order valence-corrected chi connectivity index (χ0v) is 16.1. The van der Waals surface area contributed by atoms with Gasteiger partial charge in [0.1, 0.15) is 11.6 Å². The number of rotatable bonds is 6. The Kier molecular flexibility index (Phi) is 5.21. The van der Waals surface area contributed by atoms with E-state index >= 15 is 0 Å². The average Bonchev–Trinajstić information content (AvgIpc) is 3.26. The summed E-state index contributed by atoms with van der Waals surface area (Å²) in [5.41, 5.74) is 2.23. The fraction of sp³-hybridized carbons (Fsp3) is 0.0909. The normalized spacial score (nSPS) is 10.6. The molecule has 0 aliphatic carbocycles. The predicted octanol–water partition coefficient (Wildman–Crippen LogP) is 4.98. The molecular weight excluding hydrogens is 370 g/mol. The molecule has 2 heterocycles. The van der Waals surface area contributed by atoms with Crippen LogP contribution in [-0.2, 0) is 6.54 Å². The summed E-state index contributed by atoms with van der Waals surface area (Å²) >= 11 is 1.62. The van der Waals surface area contributed by atoms with E-state index < -0.39 is 0 Å². The summed E-state index contributed by atoms with van der Waals surface area (Å²) in [6, 6.07) is 21.0. The van der Waals surface area contributed by atoms with Crippen LogP contribution in [0.2, 0.25) is 0 Å². The molecule has 0 bridgehead atoms. The molecule has 0 saturated carbocycles. The molecule has 2 aromatic heterocycles. The Hall–Kier alpha value is -3.38. The van der Waals surface area contributed by atoms with Gasteiger partial charge in [-0.05, 0) is 47.8 Å². The molecule has 0 fully saturated rings. The van der Waals surface area contributed by atoms with Gasteiger partial charge >= 0.3 is 0 Å². The van der Waals surface area contributed by atoms with Gasteiger partial charge in [-0.3, -0.25) is 4.79 Å². The molecule has 4 rings (SSSR count). The van der Waals surface area contributed by atoms with Crippen molar-refractivity contribution in [3.8, 4) is 5.75 Å².